The van der Waals surface area contributed by atoms with E-state index in [4.69, 9.17) is 21.1 Å². The fourth-order valence-electron chi connectivity index (χ4n) is 2.85. The number of H-pyrrole nitrogens is 1. The normalized spacial score (nSPS) is 11.4. The molecule has 0 aliphatic carbocycles. The first-order valence-corrected chi connectivity index (χ1v) is 7.20. The van der Waals surface area contributed by atoms with Gasteiger partial charge >= 0.3 is 0 Å². The van der Waals surface area contributed by atoms with Crippen LogP contribution in [-0.2, 0) is 0 Å². The van der Waals surface area contributed by atoms with Crippen molar-refractivity contribution in [3.8, 4) is 11.5 Å². The molecule has 1 N–H and O–H groups in total. The second-order valence-electron chi connectivity index (χ2n) is 5.09. The smallest absolute Gasteiger partial charge is 0.162 e. The maximum Gasteiger partial charge on any atom is 0.162 e. The van der Waals surface area contributed by atoms with Crippen LogP contribution in [-0.4, -0.2) is 24.2 Å². The number of aromatic nitrogens is 2. The molecule has 0 spiro atoms. The molecule has 0 aliphatic rings. The number of hydrogen-bond acceptors (Lipinski definition) is 3. The fourth-order valence-corrected chi connectivity index (χ4v) is 3.02. The molecule has 0 unspecified atom stereocenters. The molecule has 0 fully saturated rings. The zero-order valence-electron chi connectivity index (χ0n) is 12.1. The molecule has 4 rings (SSSR count). The number of fused-ring (bicyclic) bond motifs is 5. The van der Waals surface area contributed by atoms with Gasteiger partial charge in [-0.2, -0.15) is 0 Å². The lowest BCUT2D eigenvalue weighted by Gasteiger charge is -2.09. The Morgan fingerprint density at radius 3 is 2.50 bits per heavy atom. The van der Waals surface area contributed by atoms with E-state index in [0.29, 0.717) is 16.5 Å². The van der Waals surface area contributed by atoms with E-state index in [2.05, 4.69) is 9.97 Å². The van der Waals surface area contributed by atoms with E-state index in [1.165, 1.54) is 0 Å². The van der Waals surface area contributed by atoms with E-state index in [1.54, 1.807) is 14.2 Å². The minimum absolute atomic E-state index is 0.668. The number of rotatable bonds is 2. The first kappa shape index (κ1) is 13.2. The van der Waals surface area contributed by atoms with Gasteiger partial charge in [0.2, 0.25) is 0 Å². The van der Waals surface area contributed by atoms with Crippen molar-refractivity contribution < 1.29 is 9.47 Å². The van der Waals surface area contributed by atoms with Gasteiger partial charge in [-0.1, -0.05) is 17.7 Å². The van der Waals surface area contributed by atoms with Crippen molar-refractivity contribution in [3.05, 3.63) is 41.6 Å². The summed E-state index contributed by atoms with van der Waals surface area (Å²) in [6, 6.07) is 9.64. The second-order valence-corrected chi connectivity index (χ2v) is 5.52. The Bertz CT molecular complexity index is 1020. The number of nitrogens with one attached hydrogen (secondary N) is 1. The highest BCUT2D eigenvalue weighted by Crippen LogP contribution is 2.36. The summed E-state index contributed by atoms with van der Waals surface area (Å²) in [4.78, 5) is 7.98. The Labute approximate surface area is 131 Å². The van der Waals surface area contributed by atoms with Crippen molar-refractivity contribution >= 4 is 44.3 Å². The molecule has 0 radical (unpaired) electrons. The van der Waals surface area contributed by atoms with Gasteiger partial charge in [0.15, 0.2) is 11.5 Å². The van der Waals surface area contributed by atoms with Crippen LogP contribution >= 0.6 is 11.6 Å². The van der Waals surface area contributed by atoms with Crippen LogP contribution in [0.15, 0.2) is 36.5 Å². The number of benzene rings is 2. The molecule has 2 aromatic heterocycles. The minimum Gasteiger partial charge on any atom is -0.493 e. The third-order valence-electron chi connectivity index (χ3n) is 3.90. The third kappa shape index (κ3) is 1.81. The zero-order valence-corrected chi connectivity index (χ0v) is 12.9. The first-order chi connectivity index (χ1) is 10.7. The molecular weight excluding hydrogens is 300 g/mol. The average molecular weight is 313 g/mol. The van der Waals surface area contributed by atoms with Gasteiger partial charge in [0.05, 0.1) is 25.3 Å². The van der Waals surface area contributed by atoms with E-state index in [0.717, 1.165) is 32.7 Å². The highest BCUT2D eigenvalue weighted by atomic mass is 35.5. The average Bonchev–Trinajstić information content (AvgIpc) is 2.91. The number of nitrogens with zero attached hydrogens (tertiary/aromatic N) is 1. The first-order valence-electron chi connectivity index (χ1n) is 6.83. The van der Waals surface area contributed by atoms with Gasteiger partial charge in [0, 0.05) is 39.0 Å². The topological polar surface area (TPSA) is 47.1 Å². The number of halogens is 1. The monoisotopic (exact) mass is 312 g/mol. The Balaban J connectivity index is 2.15. The maximum atomic E-state index is 6.08. The predicted molar refractivity (Wildman–Crippen MR) is 89.2 cm³/mol. The number of ether oxygens (including phenoxy) is 2. The fraction of sp³-hybridized carbons (Fsp3) is 0.118. The van der Waals surface area contributed by atoms with Crippen LogP contribution in [0.5, 0.6) is 11.5 Å². The van der Waals surface area contributed by atoms with Crippen LogP contribution in [0, 0.1) is 0 Å². The highest BCUT2D eigenvalue weighted by Gasteiger charge is 2.12. The van der Waals surface area contributed by atoms with Crippen molar-refractivity contribution in [3.63, 3.8) is 0 Å². The van der Waals surface area contributed by atoms with Gasteiger partial charge in [-0.15, -0.1) is 0 Å². The van der Waals surface area contributed by atoms with Crippen LogP contribution in [0.2, 0.25) is 5.02 Å². The van der Waals surface area contributed by atoms with E-state index in [-0.39, 0.29) is 0 Å². The van der Waals surface area contributed by atoms with E-state index in [1.807, 2.05) is 36.5 Å². The summed E-state index contributed by atoms with van der Waals surface area (Å²) in [6.07, 6.45) is 1.87. The Morgan fingerprint density at radius 1 is 0.955 bits per heavy atom. The van der Waals surface area contributed by atoms with Crippen molar-refractivity contribution in [1.82, 2.24) is 9.97 Å². The zero-order chi connectivity index (χ0) is 15.3. The SMILES string of the molecule is COc1cc2ncc3c4ccc(Cl)cc4[nH]c3c2cc1OC. The third-order valence-corrected chi connectivity index (χ3v) is 4.14. The molecule has 22 heavy (non-hydrogen) atoms. The Kier molecular flexibility index (Phi) is 2.87. The summed E-state index contributed by atoms with van der Waals surface area (Å²) in [5.41, 5.74) is 2.86. The van der Waals surface area contributed by atoms with Crippen molar-refractivity contribution in [2.75, 3.05) is 14.2 Å². The highest BCUT2D eigenvalue weighted by molar-refractivity contribution is 6.31. The molecule has 0 atom stereocenters. The Morgan fingerprint density at radius 2 is 1.73 bits per heavy atom. The lowest BCUT2D eigenvalue weighted by atomic mass is 10.1. The molecule has 2 aromatic carbocycles. The molecule has 110 valence electrons. The molecule has 0 amide bonds. The summed E-state index contributed by atoms with van der Waals surface area (Å²) in [5, 5.41) is 3.85. The number of aromatic amines is 1. The van der Waals surface area contributed by atoms with Crippen LogP contribution in [0.25, 0.3) is 32.7 Å². The molecule has 0 aliphatic heterocycles. The lowest BCUT2D eigenvalue weighted by molar-refractivity contribution is 0.356. The maximum absolute atomic E-state index is 6.08. The minimum atomic E-state index is 0.668. The standard InChI is InChI=1S/C17H13ClN2O2/c1-21-15-6-11-13(7-16(15)22-2)19-8-12-10-4-3-9(18)5-14(10)20-17(11)12/h3-8,20H,1-2H3. The number of hydrogen-bond donors (Lipinski definition) is 1. The Hall–Kier alpha value is -2.46. The van der Waals surface area contributed by atoms with Crippen LogP contribution < -0.4 is 9.47 Å². The van der Waals surface area contributed by atoms with Gasteiger partial charge < -0.3 is 14.5 Å². The van der Waals surface area contributed by atoms with Gasteiger partial charge in [-0.05, 0) is 18.2 Å². The number of pyridine rings is 1. The molecule has 4 aromatic rings. The predicted octanol–water partition coefficient (Wildman–Crippen LogP) is 4.54. The molecule has 0 saturated heterocycles. The molecule has 0 bridgehead atoms. The summed E-state index contributed by atoms with van der Waals surface area (Å²) >= 11 is 6.08. The van der Waals surface area contributed by atoms with Crippen LogP contribution in [0.1, 0.15) is 0 Å². The summed E-state index contributed by atoms with van der Waals surface area (Å²) in [7, 11) is 3.25. The van der Waals surface area contributed by atoms with Gasteiger partial charge in [0.1, 0.15) is 0 Å². The summed E-state index contributed by atoms with van der Waals surface area (Å²) < 4.78 is 10.7. The lowest BCUT2D eigenvalue weighted by Crippen LogP contribution is -1.91. The summed E-state index contributed by atoms with van der Waals surface area (Å²) in [6.45, 7) is 0. The van der Waals surface area contributed by atoms with Gasteiger partial charge in [-0.25, -0.2) is 0 Å². The molecule has 4 nitrogen and oxygen atoms in total. The van der Waals surface area contributed by atoms with Gasteiger partial charge in [0.25, 0.3) is 0 Å². The van der Waals surface area contributed by atoms with Gasteiger partial charge in [-0.3, -0.25) is 4.98 Å². The molecule has 0 saturated carbocycles. The number of methoxy groups -OCH3 is 2. The van der Waals surface area contributed by atoms with Crippen molar-refractivity contribution in [2.24, 2.45) is 0 Å². The van der Waals surface area contributed by atoms with E-state index in [9.17, 15) is 0 Å². The second kappa shape index (κ2) is 4.78. The van der Waals surface area contributed by atoms with E-state index < -0.39 is 0 Å². The molecule has 5 heteroatoms. The molecular formula is C17H13ClN2O2. The van der Waals surface area contributed by atoms with E-state index >= 15 is 0 Å². The van der Waals surface area contributed by atoms with Crippen LogP contribution in [0.4, 0.5) is 0 Å². The quantitative estimate of drug-likeness (QED) is 0.591. The largest absolute Gasteiger partial charge is 0.493 e. The van der Waals surface area contributed by atoms with Crippen molar-refractivity contribution in [2.45, 2.75) is 0 Å². The molecule has 2 heterocycles. The van der Waals surface area contributed by atoms with Crippen molar-refractivity contribution in [1.29, 1.82) is 0 Å². The summed E-state index contributed by atoms with van der Waals surface area (Å²) in [5.74, 6) is 1.35. The van der Waals surface area contributed by atoms with Crippen LogP contribution in [0.3, 0.4) is 0 Å².